The molecular weight excluding hydrogens is 317 g/mol. The van der Waals surface area contributed by atoms with E-state index in [1.54, 1.807) is 0 Å². The van der Waals surface area contributed by atoms with E-state index >= 15 is 0 Å². The van der Waals surface area contributed by atoms with E-state index < -0.39 is 11.7 Å². The number of hydrogen-bond donors (Lipinski definition) is 2. The number of amides is 1. The normalized spacial score (nSPS) is 10.2. The van der Waals surface area contributed by atoms with Crippen LogP contribution >= 0.6 is 15.9 Å². The first-order valence-electron chi connectivity index (χ1n) is 5.15. The quantitative estimate of drug-likeness (QED) is 0.906. The van der Waals surface area contributed by atoms with Crippen molar-refractivity contribution in [3.05, 3.63) is 46.3 Å². The highest BCUT2D eigenvalue weighted by atomic mass is 79.9. The maximum absolute atomic E-state index is 12.9. The van der Waals surface area contributed by atoms with Crippen LogP contribution in [0.3, 0.4) is 0 Å². The van der Waals surface area contributed by atoms with Gasteiger partial charge in [-0.15, -0.1) is 0 Å². The highest BCUT2D eigenvalue weighted by Gasteiger charge is 2.10. The van der Waals surface area contributed by atoms with Gasteiger partial charge in [0, 0.05) is 6.07 Å². The Morgan fingerprint density at radius 2 is 2.11 bits per heavy atom. The lowest BCUT2D eigenvalue weighted by Gasteiger charge is -2.08. The summed E-state index contributed by atoms with van der Waals surface area (Å²) in [6.07, 6.45) is 1.27. The number of carbonyl (C=O) groups is 1. The van der Waals surface area contributed by atoms with Crippen molar-refractivity contribution in [3.8, 4) is 11.6 Å². The molecule has 98 valence electrons. The van der Waals surface area contributed by atoms with Gasteiger partial charge in [0.1, 0.15) is 11.6 Å². The molecule has 4 N–H and O–H groups in total. The molecule has 0 aliphatic rings. The van der Waals surface area contributed by atoms with Gasteiger partial charge >= 0.3 is 0 Å². The Morgan fingerprint density at radius 1 is 1.37 bits per heavy atom. The molecule has 0 saturated carbocycles. The predicted molar refractivity (Wildman–Crippen MR) is 71.3 cm³/mol. The Balaban J connectivity index is 2.33. The summed E-state index contributed by atoms with van der Waals surface area (Å²) in [5.74, 6) is -0.588. The Kier molecular flexibility index (Phi) is 3.66. The van der Waals surface area contributed by atoms with Gasteiger partial charge in [-0.25, -0.2) is 9.37 Å². The fourth-order valence-electron chi connectivity index (χ4n) is 1.39. The molecule has 0 fully saturated rings. The molecule has 0 saturated heterocycles. The summed E-state index contributed by atoms with van der Waals surface area (Å²) in [4.78, 5) is 15.0. The first-order valence-corrected chi connectivity index (χ1v) is 5.95. The second-order valence-electron chi connectivity index (χ2n) is 3.65. The average Bonchev–Trinajstić information content (AvgIpc) is 2.34. The van der Waals surface area contributed by atoms with Crippen LogP contribution in [0.25, 0.3) is 0 Å². The van der Waals surface area contributed by atoms with Crippen molar-refractivity contribution < 1.29 is 13.9 Å². The van der Waals surface area contributed by atoms with Gasteiger partial charge in [-0.3, -0.25) is 4.79 Å². The molecule has 1 aromatic heterocycles. The standard InChI is InChI=1S/C12H9BrFN3O2/c13-8-3-6(14)1-2-10(8)19-11-4-7(12(16)18)9(15)5-17-11/h1-5H,15H2,(H2,16,18). The van der Waals surface area contributed by atoms with Crippen molar-refractivity contribution in [2.45, 2.75) is 0 Å². The van der Waals surface area contributed by atoms with E-state index in [0.29, 0.717) is 10.2 Å². The Morgan fingerprint density at radius 3 is 2.74 bits per heavy atom. The summed E-state index contributed by atoms with van der Waals surface area (Å²) in [6.45, 7) is 0. The number of hydrogen-bond acceptors (Lipinski definition) is 4. The molecular formula is C12H9BrFN3O2. The maximum atomic E-state index is 12.9. The summed E-state index contributed by atoms with van der Waals surface area (Å²) in [5.41, 5.74) is 11.0. The fraction of sp³-hybridized carbons (Fsp3) is 0. The van der Waals surface area contributed by atoms with Gasteiger partial charge < -0.3 is 16.2 Å². The van der Waals surface area contributed by atoms with Gasteiger partial charge in [0.15, 0.2) is 0 Å². The van der Waals surface area contributed by atoms with E-state index in [-0.39, 0.29) is 17.1 Å². The zero-order chi connectivity index (χ0) is 14.0. The number of nitrogen functional groups attached to an aromatic ring is 1. The topological polar surface area (TPSA) is 91.2 Å². The van der Waals surface area contributed by atoms with Crippen molar-refractivity contribution >= 4 is 27.5 Å². The molecule has 1 amide bonds. The lowest BCUT2D eigenvalue weighted by Crippen LogP contribution is -2.13. The minimum atomic E-state index is -0.678. The van der Waals surface area contributed by atoms with Gasteiger partial charge in [-0.2, -0.15) is 0 Å². The zero-order valence-corrected chi connectivity index (χ0v) is 11.1. The first kappa shape index (κ1) is 13.3. The molecule has 0 radical (unpaired) electrons. The number of ether oxygens (including phenoxy) is 1. The fourth-order valence-corrected chi connectivity index (χ4v) is 1.82. The molecule has 0 unspecified atom stereocenters. The third-order valence-electron chi connectivity index (χ3n) is 2.28. The number of pyridine rings is 1. The van der Waals surface area contributed by atoms with Crippen LogP contribution in [0.4, 0.5) is 10.1 Å². The number of rotatable bonds is 3. The van der Waals surface area contributed by atoms with Crippen LogP contribution in [-0.4, -0.2) is 10.9 Å². The van der Waals surface area contributed by atoms with Crippen LogP contribution in [-0.2, 0) is 0 Å². The molecule has 1 aromatic carbocycles. The number of anilines is 1. The van der Waals surface area contributed by atoms with E-state index in [2.05, 4.69) is 20.9 Å². The lowest BCUT2D eigenvalue weighted by molar-refractivity contribution is 0.100. The zero-order valence-electron chi connectivity index (χ0n) is 9.56. The average molecular weight is 326 g/mol. The van der Waals surface area contributed by atoms with Crippen LogP contribution < -0.4 is 16.2 Å². The molecule has 0 bridgehead atoms. The van der Waals surface area contributed by atoms with Crippen molar-refractivity contribution in [1.29, 1.82) is 0 Å². The van der Waals surface area contributed by atoms with Crippen LogP contribution in [0.1, 0.15) is 10.4 Å². The predicted octanol–water partition coefficient (Wildman–Crippen LogP) is 2.46. The molecule has 0 aliphatic heterocycles. The number of nitrogens with zero attached hydrogens (tertiary/aromatic N) is 1. The second-order valence-corrected chi connectivity index (χ2v) is 4.51. The van der Waals surface area contributed by atoms with Crippen LogP contribution in [0, 0.1) is 5.82 Å². The first-order chi connectivity index (χ1) is 8.97. The van der Waals surface area contributed by atoms with Crippen molar-refractivity contribution in [3.63, 3.8) is 0 Å². The monoisotopic (exact) mass is 325 g/mol. The highest BCUT2D eigenvalue weighted by molar-refractivity contribution is 9.10. The number of primary amides is 1. The summed E-state index contributed by atoms with van der Waals surface area (Å²) in [6, 6.07) is 5.25. The van der Waals surface area contributed by atoms with E-state index in [9.17, 15) is 9.18 Å². The molecule has 5 nitrogen and oxygen atoms in total. The second kappa shape index (κ2) is 5.23. The number of carbonyl (C=O) groups excluding carboxylic acids is 1. The largest absolute Gasteiger partial charge is 0.438 e. The van der Waals surface area contributed by atoms with E-state index in [0.717, 1.165) is 0 Å². The number of nitrogens with two attached hydrogens (primary N) is 2. The maximum Gasteiger partial charge on any atom is 0.251 e. The van der Waals surface area contributed by atoms with Gasteiger partial charge in [-0.05, 0) is 34.1 Å². The Labute approximate surface area is 116 Å². The Bertz CT molecular complexity index is 649. The molecule has 1 heterocycles. The van der Waals surface area contributed by atoms with Crippen LogP contribution in [0.2, 0.25) is 0 Å². The van der Waals surface area contributed by atoms with Crippen molar-refractivity contribution in [2.75, 3.05) is 5.73 Å². The van der Waals surface area contributed by atoms with E-state index in [4.69, 9.17) is 16.2 Å². The van der Waals surface area contributed by atoms with Gasteiger partial charge in [0.2, 0.25) is 5.88 Å². The third kappa shape index (κ3) is 3.00. The molecule has 2 rings (SSSR count). The molecule has 0 aliphatic carbocycles. The van der Waals surface area contributed by atoms with Crippen LogP contribution in [0.5, 0.6) is 11.6 Å². The summed E-state index contributed by atoms with van der Waals surface area (Å²) in [5, 5.41) is 0. The molecule has 0 atom stereocenters. The molecule has 19 heavy (non-hydrogen) atoms. The third-order valence-corrected chi connectivity index (χ3v) is 2.90. The Hall–Kier alpha value is -2.15. The van der Waals surface area contributed by atoms with Gasteiger partial charge in [0.05, 0.1) is 21.9 Å². The van der Waals surface area contributed by atoms with Crippen LogP contribution in [0.15, 0.2) is 34.9 Å². The summed E-state index contributed by atoms with van der Waals surface area (Å²) < 4.78 is 18.8. The van der Waals surface area contributed by atoms with Crippen molar-refractivity contribution in [1.82, 2.24) is 4.98 Å². The molecule has 7 heteroatoms. The number of benzene rings is 1. The van der Waals surface area contributed by atoms with Gasteiger partial charge in [-0.1, -0.05) is 0 Å². The minimum Gasteiger partial charge on any atom is -0.438 e. The lowest BCUT2D eigenvalue weighted by atomic mass is 10.2. The molecule has 2 aromatic rings. The number of halogens is 2. The number of aromatic nitrogens is 1. The SMILES string of the molecule is NC(=O)c1cc(Oc2ccc(F)cc2Br)ncc1N. The summed E-state index contributed by atoms with van der Waals surface area (Å²) in [7, 11) is 0. The minimum absolute atomic E-state index is 0.114. The van der Waals surface area contributed by atoms with Crippen molar-refractivity contribution in [2.24, 2.45) is 5.73 Å². The smallest absolute Gasteiger partial charge is 0.251 e. The van der Waals surface area contributed by atoms with E-state index in [1.165, 1.54) is 30.5 Å². The highest BCUT2D eigenvalue weighted by Crippen LogP contribution is 2.30. The van der Waals surface area contributed by atoms with Gasteiger partial charge in [0.25, 0.3) is 5.91 Å². The molecule has 0 spiro atoms. The van der Waals surface area contributed by atoms with E-state index in [1.807, 2.05) is 0 Å². The summed E-state index contributed by atoms with van der Waals surface area (Å²) >= 11 is 3.16.